The summed E-state index contributed by atoms with van der Waals surface area (Å²) in [5.74, 6) is -0.239. The molecule has 1 saturated heterocycles. The van der Waals surface area contributed by atoms with Crippen molar-refractivity contribution in [3.05, 3.63) is 35.1 Å². The molecular weight excluding hydrogens is 323 g/mol. The zero-order valence-electron chi connectivity index (χ0n) is 14.6. The molecular formula is C18H25FN4S. The zero-order valence-corrected chi connectivity index (χ0v) is 15.4. The van der Waals surface area contributed by atoms with Gasteiger partial charge in [-0.25, -0.2) is 4.39 Å². The molecule has 24 heavy (non-hydrogen) atoms. The number of halogens is 1. The van der Waals surface area contributed by atoms with Crippen LogP contribution in [0.15, 0.2) is 24.3 Å². The van der Waals surface area contributed by atoms with Crippen molar-refractivity contribution in [2.24, 2.45) is 0 Å². The van der Waals surface area contributed by atoms with Crippen molar-refractivity contribution in [3.63, 3.8) is 0 Å². The molecule has 0 saturated carbocycles. The SMILES string of the molecule is C[C@@H](c1nnc(-c2ccccc2F)s1)N1CCC[C@@H](N(C)C)CC1. The number of benzene rings is 1. The highest BCUT2D eigenvalue weighted by Gasteiger charge is 2.25. The van der Waals surface area contributed by atoms with Gasteiger partial charge in [0, 0.05) is 18.2 Å². The Balaban J connectivity index is 1.72. The second kappa shape index (κ2) is 7.68. The maximum absolute atomic E-state index is 13.9. The average Bonchev–Trinajstić information content (AvgIpc) is 2.91. The number of likely N-dealkylation sites (tertiary alicyclic amines) is 1. The summed E-state index contributed by atoms with van der Waals surface area (Å²) in [5, 5.41) is 10.2. The largest absolute Gasteiger partial charge is 0.306 e. The van der Waals surface area contributed by atoms with Crippen molar-refractivity contribution in [2.75, 3.05) is 27.2 Å². The highest BCUT2D eigenvalue weighted by molar-refractivity contribution is 7.14. The second-order valence-corrected chi connectivity index (χ2v) is 7.69. The number of hydrogen-bond acceptors (Lipinski definition) is 5. The Hall–Kier alpha value is -1.37. The van der Waals surface area contributed by atoms with Crippen LogP contribution >= 0.6 is 11.3 Å². The highest BCUT2D eigenvalue weighted by atomic mass is 32.1. The second-order valence-electron chi connectivity index (χ2n) is 6.69. The van der Waals surface area contributed by atoms with Crippen molar-refractivity contribution in [1.29, 1.82) is 0 Å². The number of hydrogen-bond donors (Lipinski definition) is 0. The summed E-state index contributed by atoms with van der Waals surface area (Å²) in [5.41, 5.74) is 0.539. The van der Waals surface area contributed by atoms with Crippen LogP contribution in [0.25, 0.3) is 10.6 Å². The van der Waals surface area contributed by atoms with Crippen molar-refractivity contribution in [3.8, 4) is 10.6 Å². The van der Waals surface area contributed by atoms with Gasteiger partial charge in [-0.2, -0.15) is 0 Å². The Morgan fingerprint density at radius 2 is 2.00 bits per heavy atom. The van der Waals surface area contributed by atoms with Gasteiger partial charge in [0.05, 0.1) is 6.04 Å². The number of rotatable bonds is 4. The molecule has 0 bridgehead atoms. The summed E-state index contributed by atoms with van der Waals surface area (Å²) < 4.78 is 13.9. The Morgan fingerprint density at radius 3 is 2.75 bits per heavy atom. The molecule has 0 amide bonds. The van der Waals surface area contributed by atoms with Gasteiger partial charge in [0.15, 0.2) is 5.01 Å². The molecule has 1 fully saturated rings. The van der Waals surface area contributed by atoms with Crippen molar-refractivity contribution in [2.45, 2.75) is 38.3 Å². The molecule has 1 aliphatic rings. The summed E-state index contributed by atoms with van der Waals surface area (Å²) in [4.78, 5) is 4.81. The number of aromatic nitrogens is 2. The zero-order chi connectivity index (χ0) is 17.1. The van der Waals surface area contributed by atoms with E-state index in [2.05, 4.69) is 41.0 Å². The van der Waals surface area contributed by atoms with Gasteiger partial charge in [-0.3, -0.25) is 4.90 Å². The van der Waals surface area contributed by atoms with Gasteiger partial charge < -0.3 is 4.90 Å². The maximum atomic E-state index is 13.9. The van der Waals surface area contributed by atoms with Gasteiger partial charge in [-0.1, -0.05) is 23.5 Å². The molecule has 2 atom stereocenters. The minimum Gasteiger partial charge on any atom is -0.306 e. The topological polar surface area (TPSA) is 32.3 Å². The fourth-order valence-electron chi connectivity index (χ4n) is 3.31. The first kappa shape index (κ1) is 17.5. The van der Waals surface area contributed by atoms with Crippen molar-refractivity contribution in [1.82, 2.24) is 20.0 Å². The Kier molecular flexibility index (Phi) is 5.58. The molecule has 0 spiro atoms. The van der Waals surface area contributed by atoms with Crippen LogP contribution in [0.3, 0.4) is 0 Å². The van der Waals surface area contributed by atoms with Crippen LogP contribution in [0.1, 0.15) is 37.2 Å². The molecule has 0 radical (unpaired) electrons. The molecule has 0 aliphatic carbocycles. The monoisotopic (exact) mass is 348 g/mol. The summed E-state index contributed by atoms with van der Waals surface area (Å²) >= 11 is 1.50. The average molecular weight is 348 g/mol. The minimum absolute atomic E-state index is 0.226. The van der Waals surface area contributed by atoms with Crippen LogP contribution < -0.4 is 0 Å². The van der Waals surface area contributed by atoms with E-state index in [1.165, 1.54) is 36.7 Å². The van der Waals surface area contributed by atoms with E-state index >= 15 is 0 Å². The first-order valence-corrected chi connectivity index (χ1v) is 9.36. The Morgan fingerprint density at radius 1 is 1.21 bits per heavy atom. The fraction of sp³-hybridized carbons (Fsp3) is 0.556. The van der Waals surface area contributed by atoms with E-state index in [1.807, 2.05) is 6.07 Å². The molecule has 0 unspecified atom stereocenters. The van der Waals surface area contributed by atoms with E-state index in [-0.39, 0.29) is 11.9 Å². The lowest BCUT2D eigenvalue weighted by Gasteiger charge is -2.26. The van der Waals surface area contributed by atoms with Crippen LogP contribution in [-0.4, -0.2) is 53.2 Å². The standard InChI is InChI=1S/C18H25FN4S/c1-13(23-11-6-7-14(10-12-23)22(2)3)17-20-21-18(24-17)15-8-4-5-9-16(15)19/h4-5,8-9,13-14H,6-7,10-12H2,1-3H3/t13-,14+/m0/s1. The predicted molar refractivity (Wildman–Crippen MR) is 96.6 cm³/mol. The smallest absolute Gasteiger partial charge is 0.150 e. The van der Waals surface area contributed by atoms with Crippen LogP contribution in [0.2, 0.25) is 0 Å². The van der Waals surface area contributed by atoms with E-state index in [0.717, 1.165) is 18.1 Å². The fourth-order valence-corrected chi connectivity index (χ4v) is 4.26. The van der Waals surface area contributed by atoms with Gasteiger partial charge in [0.1, 0.15) is 10.8 Å². The van der Waals surface area contributed by atoms with E-state index in [1.54, 1.807) is 12.1 Å². The molecule has 1 aromatic carbocycles. The van der Waals surface area contributed by atoms with E-state index in [0.29, 0.717) is 16.6 Å². The predicted octanol–water partition coefficient (Wildman–Crippen LogP) is 3.82. The van der Waals surface area contributed by atoms with Crippen LogP contribution in [0.5, 0.6) is 0 Å². The maximum Gasteiger partial charge on any atom is 0.150 e. The summed E-state index contributed by atoms with van der Waals surface area (Å²) in [6.45, 7) is 4.33. The number of nitrogens with zero attached hydrogens (tertiary/aromatic N) is 4. The summed E-state index contributed by atoms with van der Waals surface area (Å²) in [6, 6.07) is 7.64. The minimum atomic E-state index is -0.239. The van der Waals surface area contributed by atoms with Gasteiger partial charge >= 0.3 is 0 Å². The molecule has 3 rings (SSSR count). The Labute approximate surface area is 147 Å². The van der Waals surface area contributed by atoms with E-state index in [4.69, 9.17) is 0 Å². The highest BCUT2D eigenvalue weighted by Crippen LogP contribution is 2.31. The van der Waals surface area contributed by atoms with Crippen LogP contribution in [0, 0.1) is 5.82 Å². The molecule has 130 valence electrons. The molecule has 6 heteroatoms. The van der Waals surface area contributed by atoms with E-state index < -0.39 is 0 Å². The molecule has 2 heterocycles. The third-order valence-corrected chi connectivity index (χ3v) is 6.04. The van der Waals surface area contributed by atoms with Gasteiger partial charge in [-0.05, 0) is 59.0 Å². The first-order valence-electron chi connectivity index (χ1n) is 8.55. The lowest BCUT2D eigenvalue weighted by atomic mass is 10.1. The molecule has 2 aromatic rings. The molecule has 1 aliphatic heterocycles. The van der Waals surface area contributed by atoms with Crippen LogP contribution in [-0.2, 0) is 0 Å². The third kappa shape index (κ3) is 3.82. The van der Waals surface area contributed by atoms with Gasteiger partial charge in [-0.15, -0.1) is 10.2 Å². The lowest BCUT2D eigenvalue weighted by molar-refractivity contribution is 0.207. The quantitative estimate of drug-likeness (QED) is 0.841. The van der Waals surface area contributed by atoms with Crippen LogP contribution in [0.4, 0.5) is 4.39 Å². The van der Waals surface area contributed by atoms with Gasteiger partial charge in [0.25, 0.3) is 0 Å². The summed E-state index contributed by atoms with van der Waals surface area (Å²) in [7, 11) is 4.32. The first-order chi connectivity index (χ1) is 11.6. The van der Waals surface area contributed by atoms with Crippen molar-refractivity contribution >= 4 is 11.3 Å². The van der Waals surface area contributed by atoms with Gasteiger partial charge in [0.2, 0.25) is 0 Å². The Bertz CT molecular complexity index is 673. The molecule has 0 N–H and O–H groups in total. The van der Waals surface area contributed by atoms with E-state index in [9.17, 15) is 4.39 Å². The van der Waals surface area contributed by atoms with Crippen molar-refractivity contribution < 1.29 is 4.39 Å². The molecule has 1 aromatic heterocycles. The normalized spacial score (nSPS) is 21.0. The summed E-state index contributed by atoms with van der Waals surface area (Å²) in [6.07, 6.45) is 3.62. The third-order valence-electron chi connectivity index (χ3n) is 4.91. The lowest BCUT2D eigenvalue weighted by Crippen LogP contribution is -2.31. The molecule has 4 nitrogen and oxygen atoms in total.